The molecule has 20 heavy (non-hydrogen) atoms. The minimum absolute atomic E-state index is 0.0920. The summed E-state index contributed by atoms with van der Waals surface area (Å²) in [5.74, 6) is 0. The van der Waals surface area contributed by atoms with Crippen molar-refractivity contribution in [1.29, 1.82) is 0 Å². The van der Waals surface area contributed by atoms with Crippen LogP contribution in [-0.4, -0.2) is 6.54 Å². The molecule has 0 aliphatic carbocycles. The highest BCUT2D eigenvalue weighted by Crippen LogP contribution is 2.54. The first-order valence-corrected chi connectivity index (χ1v) is 7.86. The molecule has 2 heterocycles. The third kappa shape index (κ3) is 1.52. The Hall–Kier alpha value is -1.67. The van der Waals surface area contributed by atoms with Crippen LogP contribution in [-0.2, 0) is 5.41 Å². The second-order valence-corrected chi connectivity index (χ2v) is 6.83. The number of para-hydroxylation sites is 2. The Morgan fingerprint density at radius 1 is 1.15 bits per heavy atom. The number of allylic oxidation sites excluding steroid dienone is 1. The monoisotopic (exact) mass is 279 g/mol. The van der Waals surface area contributed by atoms with Gasteiger partial charge >= 0.3 is 0 Å². The Kier molecular flexibility index (Phi) is 2.52. The zero-order chi connectivity index (χ0) is 13.7. The molecule has 0 saturated carbocycles. The molecule has 0 fully saturated rings. The van der Waals surface area contributed by atoms with Gasteiger partial charge in [0.15, 0.2) is 0 Å². The van der Waals surface area contributed by atoms with Gasteiger partial charge < -0.3 is 4.90 Å². The summed E-state index contributed by atoms with van der Waals surface area (Å²) in [5, 5.41) is 0. The van der Waals surface area contributed by atoms with E-state index in [4.69, 9.17) is 0 Å². The fraction of sp³-hybridized carbons (Fsp3) is 0.222. The molecule has 4 rings (SSSR count). The van der Waals surface area contributed by atoms with Crippen molar-refractivity contribution in [2.75, 3.05) is 11.4 Å². The van der Waals surface area contributed by atoms with Gasteiger partial charge in [0.25, 0.3) is 0 Å². The molecule has 0 bridgehead atoms. The van der Waals surface area contributed by atoms with E-state index in [-0.39, 0.29) is 5.41 Å². The Labute approximate surface area is 124 Å². The van der Waals surface area contributed by atoms with Gasteiger partial charge in [-0.2, -0.15) is 0 Å². The third-order valence-corrected chi connectivity index (χ3v) is 5.68. The molecule has 0 N–H and O–H groups in total. The lowest BCUT2D eigenvalue weighted by Gasteiger charge is -2.44. The number of nitrogens with zero attached hydrogens (tertiary/aromatic N) is 1. The lowest BCUT2D eigenvalue weighted by Crippen LogP contribution is -2.36. The van der Waals surface area contributed by atoms with Crippen LogP contribution >= 0.6 is 11.8 Å². The molecule has 2 aromatic rings. The zero-order valence-electron chi connectivity index (χ0n) is 11.6. The van der Waals surface area contributed by atoms with E-state index in [1.54, 1.807) is 0 Å². The van der Waals surface area contributed by atoms with E-state index in [1.807, 2.05) is 11.8 Å². The minimum atomic E-state index is 0.0920. The van der Waals surface area contributed by atoms with E-state index in [0.29, 0.717) is 0 Å². The molecule has 1 unspecified atom stereocenters. The van der Waals surface area contributed by atoms with Crippen molar-refractivity contribution >= 4 is 23.1 Å². The first-order chi connectivity index (χ1) is 9.73. The zero-order valence-corrected chi connectivity index (χ0v) is 12.4. The lowest BCUT2D eigenvalue weighted by atomic mass is 9.76. The molecule has 0 amide bonds. The first kappa shape index (κ1) is 12.1. The van der Waals surface area contributed by atoms with Crippen molar-refractivity contribution in [1.82, 2.24) is 0 Å². The van der Waals surface area contributed by atoms with Crippen LogP contribution in [0.15, 0.2) is 64.9 Å². The molecule has 1 nitrogen and oxygen atoms in total. The Morgan fingerprint density at radius 3 is 2.80 bits per heavy atom. The van der Waals surface area contributed by atoms with E-state index in [9.17, 15) is 0 Å². The summed E-state index contributed by atoms with van der Waals surface area (Å²) in [4.78, 5) is 5.22. The second kappa shape index (κ2) is 4.16. The SMILES string of the molecule is C=CC1(C)CCN2c3ccccc3Sc3cccc1c32. The van der Waals surface area contributed by atoms with Crippen LogP contribution in [0, 0.1) is 0 Å². The van der Waals surface area contributed by atoms with Gasteiger partial charge in [0.05, 0.1) is 11.4 Å². The highest BCUT2D eigenvalue weighted by Gasteiger charge is 2.37. The molecule has 0 aromatic heterocycles. The van der Waals surface area contributed by atoms with Crippen LogP contribution in [0.5, 0.6) is 0 Å². The Bertz CT molecular complexity index is 706. The summed E-state index contributed by atoms with van der Waals surface area (Å²) in [6.07, 6.45) is 3.23. The summed E-state index contributed by atoms with van der Waals surface area (Å²) in [6.45, 7) is 7.44. The first-order valence-electron chi connectivity index (χ1n) is 7.04. The van der Waals surface area contributed by atoms with Crippen molar-refractivity contribution in [3.63, 3.8) is 0 Å². The average molecular weight is 279 g/mol. The normalized spacial score (nSPS) is 22.9. The molecule has 1 atom stereocenters. The van der Waals surface area contributed by atoms with Gasteiger partial charge in [-0.1, -0.05) is 49.0 Å². The van der Waals surface area contributed by atoms with E-state index in [1.165, 1.54) is 26.7 Å². The highest BCUT2D eigenvalue weighted by molar-refractivity contribution is 7.99. The summed E-state index contributed by atoms with van der Waals surface area (Å²) >= 11 is 1.88. The van der Waals surface area contributed by atoms with Gasteiger partial charge in [-0.25, -0.2) is 0 Å². The molecule has 100 valence electrons. The molecule has 2 aliphatic rings. The topological polar surface area (TPSA) is 3.24 Å². The molecule has 0 spiro atoms. The summed E-state index contributed by atoms with van der Waals surface area (Å²) < 4.78 is 0. The van der Waals surface area contributed by atoms with Gasteiger partial charge in [0, 0.05) is 21.8 Å². The van der Waals surface area contributed by atoms with Crippen LogP contribution < -0.4 is 4.90 Å². The third-order valence-electron chi connectivity index (χ3n) is 4.57. The maximum absolute atomic E-state index is 4.07. The summed E-state index contributed by atoms with van der Waals surface area (Å²) in [7, 11) is 0. The van der Waals surface area contributed by atoms with E-state index >= 15 is 0 Å². The molecule has 2 aromatic carbocycles. The van der Waals surface area contributed by atoms with E-state index in [0.717, 1.165) is 13.0 Å². The van der Waals surface area contributed by atoms with Crippen molar-refractivity contribution in [3.8, 4) is 0 Å². The smallest absolute Gasteiger partial charge is 0.0594 e. The maximum Gasteiger partial charge on any atom is 0.0594 e. The predicted molar refractivity (Wildman–Crippen MR) is 86.2 cm³/mol. The standard InChI is InChI=1S/C18H17NS/c1-3-18(2)11-12-19-14-8-4-5-9-15(14)20-16-10-6-7-13(18)17(16)19/h3-10H,1,11-12H2,2H3. The fourth-order valence-electron chi connectivity index (χ4n) is 3.27. The van der Waals surface area contributed by atoms with Crippen molar-refractivity contribution in [3.05, 3.63) is 60.7 Å². The molecule has 2 aliphatic heterocycles. The van der Waals surface area contributed by atoms with Crippen LogP contribution in [0.1, 0.15) is 18.9 Å². The Morgan fingerprint density at radius 2 is 1.95 bits per heavy atom. The number of benzene rings is 2. The molecular weight excluding hydrogens is 262 g/mol. The van der Waals surface area contributed by atoms with E-state index < -0.39 is 0 Å². The van der Waals surface area contributed by atoms with Gasteiger partial charge in [0.1, 0.15) is 0 Å². The van der Waals surface area contributed by atoms with Gasteiger partial charge in [0.2, 0.25) is 0 Å². The number of anilines is 2. The number of hydrogen-bond acceptors (Lipinski definition) is 2. The van der Waals surface area contributed by atoms with Crippen LogP contribution in [0.3, 0.4) is 0 Å². The van der Waals surface area contributed by atoms with E-state index in [2.05, 4.69) is 66.9 Å². The maximum atomic E-state index is 4.07. The van der Waals surface area contributed by atoms with Crippen molar-refractivity contribution < 1.29 is 0 Å². The predicted octanol–water partition coefficient (Wildman–Crippen LogP) is 5.14. The van der Waals surface area contributed by atoms with Crippen LogP contribution in [0.2, 0.25) is 0 Å². The molecular formula is C18H17NS. The van der Waals surface area contributed by atoms with Crippen LogP contribution in [0.25, 0.3) is 0 Å². The molecule has 2 heteroatoms. The van der Waals surface area contributed by atoms with Crippen LogP contribution in [0.4, 0.5) is 11.4 Å². The fourth-order valence-corrected chi connectivity index (χ4v) is 4.40. The number of rotatable bonds is 1. The quantitative estimate of drug-likeness (QED) is 0.665. The minimum Gasteiger partial charge on any atom is -0.339 e. The number of fused-ring (bicyclic) bond motifs is 2. The van der Waals surface area contributed by atoms with Gasteiger partial charge in [-0.15, -0.1) is 6.58 Å². The second-order valence-electron chi connectivity index (χ2n) is 5.75. The lowest BCUT2D eigenvalue weighted by molar-refractivity contribution is 0.519. The molecule has 0 radical (unpaired) electrons. The summed E-state index contributed by atoms with van der Waals surface area (Å²) in [5.41, 5.74) is 4.25. The van der Waals surface area contributed by atoms with Crippen molar-refractivity contribution in [2.45, 2.75) is 28.6 Å². The summed E-state index contributed by atoms with van der Waals surface area (Å²) in [6, 6.07) is 15.4. The van der Waals surface area contributed by atoms with Gasteiger partial charge in [-0.05, 0) is 30.2 Å². The molecule has 0 saturated heterocycles. The Balaban J connectivity index is 1.99. The average Bonchev–Trinajstić information content (AvgIpc) is 2.50. The number of hydrogen-bond donors (Lipinski definition) is 0. The largest absolute Gasteiger partial charge is 0.339 e. The highest BCUT2D eigenvalue weighted by atomic mass is 32.2. The van der Waals surface area contributed by atoms with Crippen molar-refractivity contribution in [2.24, 2.45) is 0 Å². The van der Waals surface area contributed by atoms with Gasteiger partial charge in [-0.3, -0.25) is 0 Å².